The summed E-state index contributed by atoms with van der Waals surface area (Å²) in [5.41, 5.74) is -0.219. The molecule has 2 aromatic carbocycles. The highest BCUT2D eigenvalue weighted by atomic mass is 32.2. The van der Waals surface area contributed by atoms with E-state index in [1.165, 1.54) is 6.07 Å². The quantitative estimate of drug-likeness (QED) is 0.724. The lowest BCUT2D eigenvalue weighted by atomic mass is 9.97. The van der Waals surface area contributed by atoms with Crippen LogP contribution in [-0.2, 0) is 21.2 Å². The number of benzene rings is 2. The zero-order valence-electron chi connectivity index (χ0n) is 16.7. The van der Waals surface area contributed by atoms with Crippen LogP contribution in [0.2, 0.25) is 0 Å². The minimum absolute atomic E-state index is 0.0405. The van der Waals surface area contributed by atoms with Gasteiger partial charge in [0.25, 0.3) is 10.0 Å². The third-order valence-corrected chi connectivity index (χ3v) is 6.90. The molecule has 1 heterocycles. The lowest BCUT2D eigenvalue weighted by molar-refractivity contribution is 0.0760. The summed E-state index contributed by atoms with van der Waals surface area (Å²) < 4.78 is 62.9. The first-order valence-corrected chi connectivity index (χ1v) is 11.0. The van der Waals surface area contributed by atoms with Crippen LogP contribution < -0.4 is 5.32 Å². The molecule has 1 unspecified atom stereocenters. The van der Waals surface area contributed by atoms with E-state index in [4.69, 9.17) is 4.74 Å². The van der Waals surface area contributed by atoms with Gasteiger partial charge in [-0.2, -0.15) is 0 Å². The maximum atomic E-state index is 14.2. The Labute approximate surface area is 174 Å². The standard InChI is InChI=1S/C21H24F2N2O4S/c1-21(2)19(12-14-6-4-3-5-7-14)30(27,28)25-20(29-21)24-18(10-11-26)16-9-8-15(22)13-17(16)23/h3-9,13,18-19,26H,10-12H2,1-2H3,(H,24,25)/t18-,19?/m0/s1. The van der Waals surface area contributed by atoms with E-state index in [1.54, 1.807) is 13.8 Å². The first-order valence-electron chi connectivity index (χ1n) is 9.51. The topological polar surface area (TPSA) is 88.0 Å². The molecule has 0 radical (unpaired) electrons. The molecule has 0 aliphatic carbocycles. The van der Waals surface area contributed by atoms with E-state index in [2.05, 4.69) is 9.71 Å². The maximum absolute atomic E-state index is 14.2. The van der Waals surface area contributed by atoms with Crippen LogP contribution in [0.15, 0.2) is 52.9 Å². The summed E-state index contributed by atoms with van der Waals surface area (Å²) >= 11 is 0. The SMILES string of the molecule is CC1(C)OC(N[C@@H](CCO)c2ccc(F)cc2F)=NS(=O)(=O)C1Cc1ccccc1. The van der Waals surface area contributed by atoms with Crippen molar-refractivity contribution in [1.82, 2.24) is 5.32 Å². The minimum Gasteiger partial charge on any atom is -0.457 e. The summed E-state index contributed by atoms with van der Waals surface area (Å²) in [5, 5.41) is 11.2. The molecule has 0 saturated heterocycles. The predicted molar refractivity (Wildman–Crippen MR) is 109 cm³/mol. The third kappa shape index (κ3) is 4.96. The molecule has 0 spiro atoms. The van der Waals surface area contributed by atoms with Gasteiger partial charge in [-0.3, -0.25) is 0 Å². The molecule has 2 atom stereocenters. The second-order valence-corrected chi connectivity index (χ2v) is 9.45. The van der Waals surface area contributed by atoms with Crippen molar-refractivity contribution in [3.8, 4) is 0 Å². The normalized spacial score (nSPS) is 20.7. The Bertz CT molecular complexity index is 1030. The second kappa shape index (κ2) is 8.69. The highest BCUT2D eigenvalue weighted by Gasteiger charge is 2.46. The van der Waals surface area contributed by atoms with Crippen molar-refractivity contribution in [1.29, 1.82) is 0 Å². The van der Waals surface area contributed by atoms with E-state index in [9.17, 15) is 22.3 Å². The molecular formula is C21H24F2N2O4S. The van der Waals surface area contributed by atoms with Crippen molar-refractivity contribution < 1.29 is 27.0 Å². The number of amidine groups is 1. The van der Waals surface area contributed by atoms with Crippen molar-refractivity contribution in [3.05, 3.63) is 71.3 Å². The number of hydrogen-bond donors (Lipinski definition) is 2. The van der Waals surface area contributed by atoms with Gasteiger partial charge in [0.05, 0.1) is 6.04 Å². The second-order valence-electron chi connectivity index (χ2n) is 7.67. The molecule has 9 heteroatoms. The Kier molecular flexibility index (Phi) is 6.42. The smallest absolute Gasteiger partial charge is 0.301 e. The monoisotopic (exact) mass is 438 g/mol. The van der Waals surface area contributed by atoms with Gasteiger partial charge in [0.15, 0.2) is 0 Å². The summed E-state index contributed by atoms with van der Waals surface area (Å²) in [6.45, 7) is 2.98. The van der Waals surface area contributed by atoms with Gasteiger partial charge in [-0.25, -0.2) is 17.2 Å². The number of aliphatic hydroxyl groups excluding tert-OH is 1. The summed E-state index contributed by atoms with van der Waals surface area (Å²) in [7, 11) is -3.95. The van der Waals surface area contributed by atoms with Crippen LogP contribution in [0.3, 0.4) is 0 Å². The maximum Gasteiger partial charge on any atom is 0.301 e. The molecule has 6 nitrogen and oxygen atoms in total. The molecule has 2 aromatic rings. The van der Waals surface area contributed by atoms with E-state index >= 15 is 0 Å². The summed E-state index contributed by atoms with van der Waals surface area (Å²) in [6, 6.07) is 11.1. The minimum atomic E-state index is -3.95. The highest BCUT2D eigenvalue weighted by Crippen LogP contribution is 2.31. The van der Waals surface area contributed by atoms with Crippen LogP contribution in [-0.4, -0.2) is 37.0 Å². The Hall–Kier alpha value is -2.52. The summed E-state index contributed by atoms with van der Waals surface area (Å²) in [5.74, 6) is -1.56. The van der Waals surface area contributed by atoms with Crippen LogP contribution in [0.25, 0.3) is 0 Å². The molecule has 1 aliphatic heterocycles. The number of nitrogens with zero attached hydrogens (tertiary/aromatic N) is 1. The molecule has 162 valence electrons. The molecule has 0 aromatic heterocycles. The molecule has 2 N–H and O–H groups in total. The fourth-order valence-corrected chi connectivity index (χ4v) is 5.09. The first kappa shape index (κ1) is 22.2. The first-order chi connectivity index (χ1) is 14.1. The average molecular weight is 438 g/mol. The number of halogens is 2. The van der Waals surface area contributed by atoms with E-state index in [0.717, 1.165) is 17.7 Å². The Morgan fingerprint density at radius 1 is 1.20 bits per heavy atom. The molecule has 1 aliphatic rings. The zero-order chi connectivity index (χ0) is 21.9. The zero-order valence-corrected chi connectivity index (χ0v) is 17.5. The van der Waals surface area contributed by atoms with E-state index in [0.29, 0.717) is 0 Å². The van der Waals surface area contributed by atoms with Crippen molar-refractivity contribution in [3.63, 3.8) is 0 Å². The Balaban J connectivity index is 1.89. The van der Waals surface area contributed by atoms with Crippen LogP contribution in [0.5, 0.6) is 0 Å². The number of rotatable bonds is 6. The molecular weight excluding hydrogens is 414 g/mol. The van der Waals surface area contributed by atoms with Gasteiger partial charge in [0.1, 0.15) is 22.5 Å². The fourth-order valence-electron chi connectivity index (χ4n) is 3.47. The highest BCUT2D eigenvalue weighted by molar-refractivity contribution is 7.91. The predicted octanol–water partition coefficient (Wildman–Crippen LogP) is 3.08. The lowest BCUT2D eigenvalue weighted by Gasteiger charge is -2.38. The van der Waals surface area contributed by atoms with Gasteiger partial charge in [-0.05, 0) is 38.3 Å². The van der Waals surface area contributed by atoms with Gasteiger partial charge >= 0.3 is 6.02 Å². The lowest BCUT2D eigenvalue weighted by Crippen LogP contribution is -2.53. The Morgan fingerprint density at radius 3 is 2.50 bits per heavy atom. The van der Waals surface area contributed by atoms with Gasteiger partial charge in [0.2, 0.25) is 0 Å². The van der Waals surface area contributed by atoms with Crippen LogP contribution in [0, 0.1) is 11.6 Å². The molecule has 0 amide bonds. The number of ether oxygens (including phenoxy) is 1. The van der Waals surface area contributed by atoms with Crippen molar-refractivity contribution in [2.24, 2.45) is 4.40 Å². The van der Waals surface area contributed by atoms with E-state index in [1.807, 2.05) is 30.3 Å². The molecule has 0 saturated carbocycles. The molecule has 0 bridgehead atoms. The average Bonchev–Trinajstić information content (AvgIpc) is 2.65. The van der Waals surface area contributed by atoms with Crippen molar-refractivity contribution in [2.75, 3.05) is 6.61 Å². The van der Waals surface area contributed by atoms with Crippen LogP contribution in [0.1, 0.15) is 37.4 Å². The van der Waals surface area contributed by atoms with E-state index < -0.39 is 38.6 Å². The van der Waals surface area contributed by atoms with Crippen molar-refractivity contribution >= 4 is 16.0 Å². The summed E-state index contributed by atoms with van der Waals surface area (Å²) in [6.07, 6.45) is 0.262. The van der Waals surface area contributed by atoms with E-state index in [-0.39, 0.29) is 31.0 Å². The largest absolute Gasteiger partial charge is 0.457 e. The number of sulfonamides is 1. The van der Waals surface area contributed by atoms with Gasteiger partial charge in [-0.15, -0.1) is 4.40 Å². The van der Waals surface area contributed by atoms with Gasteiger partial charge in [0, 0.05) is 18.2 Å². The number of nitrogens with one attached hydrogen (secondary N) is 1. The van der Waals surface area contributed by atoms with Gasteiger partial charge in [-0.1, -0.05) is 36.4 Å². The number of aliphatic hydroxyl groups is 1. The number of hydrogen-bond acceptors (Lipinski definition) is 5. The van der Waals surface area contributed by atoms with Crippen LogP contribution >= 0.6 is 0 Å². The molecule has 3 rings (SSSR count). The van der Waals surface area contributed by atoms with Crippen LogP contribution in [0.4, 0.5) is 8.78 Å². The summed E-state index contributed by atoms with van der Waals surface area (Å²) in [4.78, 5) is 0. The fraction of sp³-hybridized carbons (Fsp3) is 0.381. The molecule has 0 fully saturated rings. The third-order valence-electron chi connectivity index (χ3n) is 5.02. The molecule has 30 heavy (non-hydrogen) atoms. The Morgan fingerprint density at radius 2 is 1.90 bits per heavy atom. The van der Waals surface area contributed by atoms with Crippen molar-refractivity contribution in [2.45, 2.75) is 43.6 Å². The van der Waals surface area contributed by atoms with Gasteiger partial charge < -0.3 is 15.2 Å².